The molecule has 0 N–H and O–H groups in total. The minimum absolute atomic E-state index is 0.899. The van der Waals surface area contributed by atoms with E-state index in [9.17, 15) is 0 Å². The van der Waals surface area contributed by atoms with Crippen molar-refractivity contribution in [3.05, 3.63) is 30.3 Å². The van der Waals surface area contributed by atoms with E-state index in [0.29, 0.717) is 0 Å². The third-order valence-corrected chi connectivity index (χ3v) is 2.12. The van der Waals surface area contributed by atoms with Crippen LogP contribution in [-0.4, -0.2) is 11.7 Å². The topological polar surface area (TPSA) is 14.2 Å². The number of nitrogens with zero attached hydrogens (tertiary/aromatic N) is 1. The number of para-hydroxylation sites is 1. The van der Waals surface area contributed by atoms with Crippen molar-refractivity contribution in [2.75, 3.05) is 7.11 Å². The molecule has 2 aromatic rings. The summed E-state index contributed by atoms with van der Waals surface area (Å²) in [6, 6.07) is 10.3. The second kappa shape index (κ2) is 2.55. The number of methoxy groups -OCH3 is 1. The highest BCUT2D eigenvalue weighted by atomic mass is 16.5. The van der Waals surface area contributed by atoms with Gasteiger partial charge >= 0.3 is 0 Å². The van der Waals surface area contributed by atoms with Crippen LogP contribution in [0.25, 0.3) is 10.9 Å². The third-order valence-electron chi connectivity index (χ3n) is 2.12. The predicted molar refractivity (Wildman–Crippen MR) is 49.5 cm³/mol. The summed E-state index contributed by atoms with van der Waals surface area (Å²) >= 11 is 0. The molecule has 1 aromatic carbocycles. The summed E-state index contributed by atoms with van der Waals surface area (Å²) in [7, 11) is 3.69. The van der Waals surface area contributed by atoms with Crippen molar-refractivity contribution in [1.82, 2.24) is 4.57 Å². The maximum atomic E-state index is 5.19. The Labute approximate surface area is 71.4 Å². The van der Waals surface area contributed by atoms with Crippen molar-refractivity contribution in [2.24, 2.45) is 7.05 Å². The summed E-state index contributed by atoms with van der Waals surface area (Å²) in [5, 5.41) is 1.22. The number of aromatic nitrogens is 1. The fourth-order valence-corrected chi connectivity index (χ4v) is 1.46. The summed E-state index contributed by atoms with van der Waals surface area (Å²) in [5.41, 5.74) is 1.20. The molecule has 0 saturated heterocycles. The molecular formula is C10H11NO. The van der Waals surface area contributed by atoms with E-state index in [2.05, 4.69) is 12.1 Å². The highest BCUT2D eigenvalue weighted by molar-refractivity contribution is 5.82. The molecule has 0 unspecified atom stereocenters. The fraction of sp³-hybridized carbons (Fsp3) is 0.200. The van der Waals surface area contributed by atoms with Gasteiger partial charge in [0.15, 0.2) is 5.88 Å². The van der Waals surface area contributed by atoms with E-state index in [-0.39, 0.29) is 0 Å². The van der Waals surface area contributed by atoms with Gasteiger partial charge in [0.2, 0.25) is 0 Å². The van der Waals surface area contributed by atoms with Gasteiger partial charge in [-0.15, -0.1) is 0 Å². The summed E-state index contributed by atoms with van der Waals surface area (Å²) in [6.45, 7) is 0. The van der Waals surface area contributed by atoms with Gasteiger partial charge in [-0.3, -0.25) is 0 Å². The van der Waals surface area contributed by atoms with E-state index < -0.39 is 0 Å². The Hall–Kier alpha value is -1.44. The van der Waals surface area contributed by atoms with E-state index in [0.717, 1.165) is 5.88 Å². The first-order valence-electron chi connectivity index (χ1n) is 3.91. The van der Waals surface area contributed by atoms with Gasteiger partial charge < -0.3 is 9.30 Å². The molecule has 0 spiro atoms. The van der Waals surface area contributed by atoms with Crippen molar-refractivity contribution in [1.29, 1.82) is 0 Å². The molecule has 0 aliphatic rings. The highest BCUT2D eigenvalue weighted by Crippen LogP contribution is 2.22. The van der Waals surface area contributed by atoms with Crippen LogP contribution in [0, 0.1) is 0 Å². The normalized spacial score (nSPS) is 10.5. The van der Waals surface area contributed by atoms with Crippen LogP contribution in [-0.2, 0) is 7.05 Å². The molecule has 2 heteroatoms. The Bertz CT molecular complexity index is 403. The van der Waals surface area contributed by atoms with E-state index >= 15 is 0 Å². The van der Waals surface area contributed by atoms with Crippen molar-refractivity contribution in [3.63, 3.8) is 0 Å². The zero-order valence-corrected chi connectivity index (χ0v) is 7.24. The standard InChI is InChI=1S/C10H11NO/c1-11-9-6-4-3-5-8(9)7-10(11)12-2/h3-7H,1-2H3. The average Bonchev–Trinajstić information content (AvgIpc) is 2.44. The molecule has 0 aliphatic carbocycles. The van der Waals surface area contributed by atoms with Crippen LogP contribution in [0.4, 0.5) is 0 Å². The number of benzene rings is 1. The fourth-order valence-electron chi connectivity index (χ4n) is 1.46. The zero-order chi connectivity index (χ0) is 8.55. The summed E-state index contributed by atoms with van der Waals surface area (Å²) in [4.78, 5) is 0. The molecule has 0 bridgehead atoms. The monoisotopic (exact) mass is 161 g/mol. The lowest BCUT2D eigenvalue weighted by molar-refractivity contribution is 0.384. The molecule has 0 saturated carbocycles. The van der Waals surface area contributed by atoms with Crippen LogP contribution in [0.15, 0.2) is 30.3 Å². The zero-order valence-electron chi connectivity index (χ0n) is 7.24. The van der Waals surface area contributed by atoms with Crippen molar-refractivity contribution < 1.29 is 4.74 Å². The van der Waals surface area contributed by atoms with Gasteiger partial charge in [-0.1, -0.05) is 18.2 Å². The van der Waals surface area contributed by atoms with E-state index in [4.69, 9.17) is 4.74 Å². The minimum atomic E-state index is 0.899. The predicted octanol–water partition coefficient (Wildman–Crippen LogP) is 2.19. The molecule has 0 fully saturated rings. The van der Waals surface area contributed by atoms with Crippen molar-refractivity contribution in [2.45, 2.75) is 0 Å². The number of aryl methyl sites for hydroxylation is 1. The SMILES string of the molecule is COc1cc2ccccc2n1C. The molecule has 62 valence electrons. The first-order chi connectivity index (χ1) is 5.83. The first-order valence-corrected chi connectivity index (χ1v) is 3.91. The Morgan fingerprint density at radius 3 is 2.67 bits per heavy atom. The molecule has 1 aromatic heterocycles. The van der Waals surface area contributed by atoms with Gasteiger partial charge in [0.25, 0.3) is 0 Å². The number of fused-ring (bicyclic) bond motifs is 1. The highest BCUT2D eigenvalue weighted by Gasteiger charge is 2.02. The van der Waals surface area contributed by atoms with Gasteiger partial charge in [-0.05, 0) is 6.07 Å². The lowest BCUT2D eigenvalue weighted by Crippen LogP contribution is -1.91. The lowest BCUT2D eigenvalue weighted by Gasteiger charge is -2.00. The Morgan fingerprint density at radius 2 is 2.00 bits per heavy atom. The van der Waals surface area contributed by atoms with Gasteiger partial charge in [-0.25, -0.2) is 0 Å². The van der Waals surface area contributed by atoms with Gasteiger partial charge in [0.05, 0.1) is 12.6 Å². The summed E-state index contributed by atoms with van der Waals surface area (Å²) in [5.74, 6) is 0.899. The van der Waals surface area contributed by atoms with E-state index in [1.807, 2.05) is 29.8 Å². The Morgan fingerprint density at radius 1 is 1.25 bits per heavy atom. The number of ether oxygens (including phenoxy) is 1. The van der Waals surface area contributed by atoms with Crippen LogP contribution in [0.5, 0.6) is 5.88 Å². The third kappa shape index (κ3) is 0.881. The summed E-state index contributed by atoms with van der Waals surface area (Å²) < 4.78 is 7.23. The molecule has 0 radical (unpaired) electrons. The van der Waals surface area contributed by atoms with E-state index in [1.165, 1.54) is 10.9 Å². The smallest absolute Gasteiger partial charge is 0.193 e. The maximum Gasteiger partial charge on any atom is 0.193 e. The number of hydrogen-bond donors (Lipinski definition) is 0. The van der Waals surface area contributed by atoms with Crippen LogP contribution >= 0.6 is 0 Å². The molecule has 0 atom stereocenters. The van der Waals surface area contributed by atoms with Crippen LogP contribution in [0.1, 0.15) is 0 Å². The Balaban J connectivity index is 2.78. The molecule has 2 nitrogen and oxygen atoms in total. The quantitative estimate of drug-likeness (QED) is 0.625. The Kier molecular flexibility index (Phi) is 1.54. The molecule has 2 rings (SSSR count). The average molecular weight is 161 g/mol. The first kappa shape index (κ1) is 7.22. The molecule has 0 amide bonds. The second-order valence-electron chi connectivity index (χ2n) is 2.80. The van der Waals surface area contributed by atoms with Crippen molar-refractivity contribution >= 4 is 10.9 Å². The van der Waals surface area contributed by atoms with Crippen LogP contribution in [0.2, 0.25) is 0 Å². The minimum Gasteiger partial charge on any atom is -0.482 e. The maximum absolute atomic E-state index is 5.19. The van der Waals surface area contributed by atoms with Crippen LogP contribution < -0.4 is 4.74 Å². The number of rotatable bonds is 1. The molecule has 1 heterocycles. The van der Waals surface area contributed by atoms with E-state index in [1.54, 1.807) is 7.11 Å². The van der Waals surface area contributed by atoms with Gasteiger partial charge in [0, 0.05) is 18.5 Å². The van der Waals surface area contributed by atoms with Crippen molar-refractivity contribution in [3.8, 4) is 5.88 Å². The number of hydrogen-bond acceptors (Lipinski definition) is 1. The lowest BCUT2D eigenvalue weighted by atomic mass is 10.2. The van der Waals surface area contributed by atoms with Crippen LogP contribution in [0.3, 0.4) is 0 Å². The van der Waals surface area contributed by atoms with Gasteiger partial charge in [0.1, 0.15) is 0 Å². The second-order valence-corrected chi connectivity index (χ2v) is 2.80. The summed E-state index contributed by atoms with van der Waals surface area (Å²) in [6.07, 6.45) is 0. The van der Waals surface area contributed by atoms with Gasteiger partial charge in [-0.2, -0.15) is 0 Å². The molecule has 0 aliphatic heterocycles. The molecule has 12 heavy (non-hydrogen) atoms. The molecular weight excluding hydrogens is 150 g/mol. The largest absolute Gasteiger partial charge is 0.482 e.